The molecule has 1 fully saturated rings. The summed E-state index contributed by atoms with van der Waals surface area (Å²) in [6, 6.07) is 14.2. The average molecular weight is 254 g/mol. The SMILES string of the molecule is c1ccc(Oc2ccc(C3CCCCN3)cn2)cc1. The van der Waals surface area contributed by atoms with Crippen molar-refractivity contribution in [3.8, 4) is 11.6 Å². The lowest BCUT2D eigenvalue weighted by molar-refractivity contribution is 0.409. The molecule has 1 saturated heterocycles. The number of piperidine rings is 1. The van der Waals surface area contributed by atoms with Crippen LogP contribution in [-0.4, -0.2) is 11.5 Å². The summed E-state index contributed by atoms with van der Waals surface area (Å²) in [5.74, 6) is 1.46. The van der Waals surface area contributed by atoms with Gasteiger partial charge in [-0.1, -0.05) is 30.7 Å². The van der Waals surface area contributed by atoms with E-state index in [0.717, 1.165) is 12.3 Å². The highest BCUT2D eigenvalue weighted by molar-refractivity contribution is 5.28. The van der Waals surface area contributed by atoms with Gasteiger partial charge in [-0.15, -0.1) is 0 Å². The predicted octanol–water partition coefficient (Wildman–Crippen LogP) is 3.69. The van der Waals surface area contributed by atoms with Crippen molar-refractivity contribution in [1.82, 2.24) is 10.3 Å². The standard InChI is InChI=1S/C16H18N2O/c1-2-6-14(7-3-1)19-16-10-9-13(12-18-16)15-8-4-5-11-17-15/h1-3,6-7,9-10,12,15,17H,4-5,8,11H2. The number of hydrogen-bond acceptors (Lipinski definition) is 3. The molecule has 0 aliphatic carbocycles. The highest BCUT2D eigenvalue weighted by atomic mass is 16.5. The van der Waals surface area contributed by atoms with Gasteiger partial charge >= 0.3 is 0 Å². The van der Waals surface area contributed by atoms with Crippen LogP contribution in [0.5, 0.6) is 11.6 Å². The number of nitrogens with zero attached hydrogens (tertiary/aromatic N) is 1. The first-order valence-corrected chi connectivity index (χ1v) is 6.84. The molecule has 1 aliphatic rings. The zero-order valence-electron chi connectivity index (χ0n) is 10.9. The maximum atomic E-state index is 5.69. The smallest absolute Gasteiger partial charge is 0.219 e. The van der Waals surface area contributed by atoms with Crippen LogP contribution in [0.25, 0.3) is 0 Å². The van der Waals surface area contributed by atoms with Crippen LogP contribution in [0.2, 0.25) is 0 Å². The van der Waals surface area contributed by atoms with Crippen molar-refractivity contribution in [1.29, 1.82) is 0 Å². The molecule has 1 aromatic carbocycles. The van der Waals surface area contributed by atoms with E-state index < -0.39 is 0 Å². The fourth-order valence-corrected chi connectivity index (χ4v) is 2.40. The molecule has 19 heavy (non-hydrogen) atoms. The van der Waals surface area contributed by atoms with Gasteiger partial charge in [0.15, 0.2) is 0 Å². The minimum Gasteiger partial charge on any atom is -0.439 e. The normalized spacial score (nSPS) is 19.1. The summed E-state index contributed by atoms with van der Waals surface area (Å²) < 4.78 is 5.69. The zero-order valence-corrected chi connectivity index (χ0v) is 10.9. The monoisotopic (exact) mass is 254 g/mol. The molecule has 1 unspecified atom stereocenters. The number of benzene rings is 1. The molecule has 1 N–H and O–H groups in total. The Balaban J connectivity index is 1.68. The van der Waals surface area contributed by atoms with E-state index in [4.69, 9.17) is 4.74 Å². The summed E-state index contributed by atoms with van der Waals surface area (Å²) in [6.45, 7) is 1.10. The Labute approximate surface area is 113 Å². The Morgan fingerprint density at radius 3 is 2.63 bits per heavy atom. The Hall–Kier alpha value is -1.87. The van der Waals surface area contributed by atoms with Crippen LogP contribution in [0.15, 0.2) is 48.7 Å². The van der Waals surface area contributed by atoms with Crippen LogP contribution >= 0.6 is 0 Å². The van der Waals surface area contributed by atoms with E-state index in [0.29, 0.717) is 11.9 Å². The first-order chi connectivity index (χ1) is 9.42. The van der Waals surface area contributed by atoms with Crippen LogP contribution in [0.1, 0.15) is 30.9 Å². The fourth-order valence-electron chi connectivity index (χ4n) is 2.40. The van der Waals surface area contributed by atoms with Gasteiger partial charge in [-0.2, -0.15) is 0 Å². The number of para-hydroxylation sites is 1. The van der Waals surface area contributed by atoms with Crippen LogP contribution in [0.3, 0.4) is 0 Å². The van der Waals surface area contributed by atoms with Gasteiger partial charge in [0.2, 0.25) is 5.88 Å². The van der Waals surface area contributed by atoms with Crippen molar-refractivity contribution < 1.29 is 4.74 Å². The van der Waals surface area contributed by atoms with E-state index in [2.05, 4.69) is 16.4 Å². The molecule has 3 nitrogen and oxygen atoms in total. The average Bonchev–Trinajstić information content (AvgIpc) is 2.50. The zero-order chi connectivity index (χ0) is 12.9. The third-order valence-electron chi connectivity index (χ3n) is 3.44. The maximum absolute atomic E-state index is 5.69. The molecule has 1 aromatic heterocycles. The molecule has 0 radical (unpaired) electrons. The van der Waals surface area contributed by atoms with Gasteiger partial charge in [-0.25, -0.2) is 4.98 Å². The second-order valence-electron chi connectivity index (χ2n) is 4.85. The molecular formula is C16H18N2O. The van der Waals surface area contributed by atoms with Crippen molar-refractivity contribution in [2.45, 2.75) is 25.3 Å². The first-order valence-electron chi connectivity index (χ1n) is 6.84. The van der Waals surface area contributed by atoms with Crippen LogP contribution < -0.4 is 10.1 Å². The van der Waals surface area contributed by atoms with E-state index in [1.807, 2.05) is 42.6 Å². The second-order valence-corrected chi connectivity index (χ2v) is 4.85. The van der Waals surface area contributed by atoms with Gasteiger partial charge in [0.05, 0.1) is 0 Å². The largest absolute Gasteiger partial charge is 0.439 e. The minimum absolute atomic E-state index is 0.451. The van der Waals surface area contributed by atoms with Crippen LogP contribution in [0.4, 0.5) is 0 Å². The Morgan fingerprint density at radius 2 is 1.95 bits per heavy atom. The summed E-state index contributed by atoms with van der Waals surface area (Å²) >= 11 is 0. The lowest BCUT2D eigenvalue weighted by atomic mass is 9.99. The third-order valence-corrected chi connectivity index (χ3v) is 3.44. The van der Waals surface area contributed by atoms with Crippen molar-refractivity contribution >= 4 is 0 Å². The molecule has 0 bridgehead atoms. The predicted molar refractivity (Wildman–Crippen MR) is 75.3 cm³/mol. The maximum Gasteiger partial charge on any atom is 0.219 e. The summed E-state index contributed by atoms with van der Waals surface area (Å²) in [5.41, 5.74) is 1.25. The number of pyridine rings is 1. The van der Waals surface area contributed by atoms with Gasteiger partial charge in [-0.3, -0.25) is 0 Å². The van der Waals surface area contributed by atoms with E-state index in [-0.39, 0.29) is 0 Å². The minimum atomic E-state index is 0.451. The molecule has 3 heteroatoms. The first kappa shape index (κ1) is 12.2. The summed E-state index contributed by atoms with van der Waals surface area (Å²) in [5, 5.41) is 3.52. The molecule has 0 spiro atoms. The summed E-state index contributed by atoms with van der Waals surface area (Å²) in [7, 11) is 0. The Kier molecular flexibility index (Phi) is 3.75. The molecular weight excluding hydrogens is 236 g/mol. The molecule has 98 valence electrons. The quantitative estimate of drug-likeness (QED) is 0.907. The van der Waals surface area contributed by atoms with Gasteiger partial charge in [0.25, 0.3) is 0 Å². The molecule has 2 heterocycles. The number of rotatable bonds is 3. The van der Waals surface area contributed by atoms with Crippen molar-refractivity contribution in [3.05, 3.63) is 54.2 Å². The summed E-state index contributed by atoms with van der Waals surface area (Å²) in [6.07, 6.45) is 5.68. The Morgan fingerprint density at radius 1 is 1.05 bits per heavy atom. The van der Waals surface area contributed by atoms with Gasteiger partial charge in [0, 0.05) is 18.3 Å². The van der Waals surface area contributed by atoms with Crippen LogP contribution in [0, 0.1) is 0 Å². The second kappa shape index (κ2) is 5.85. The molecule has 3 rings (SSSR count). The summed E-state index contributed by atoms with van der Waals surface area (Å²) in [4.78, 5) is 4.39. The van der Waals surface area contributed by atoms with Gasteiger partial charge in [-0.05, 0) is 37.1 Å². The van der Waals surface area contributed by atoms with Crippen molar-refractivity contribution in [3.63, 3.8) is 0 Å². The van der Waals surface area contributed by atoms with E-state index in [9.17, 15) is 0 Å². The Bertz CT molecular complexity index is 504. The van der Waals surface area contributed by atoms with E-state index in [1.165, 1.54) is 24.8 Å². The highest BCUT2D eigenvalue weighted by Gasteiger charge is 2.14. The molecule has 0 amide bonds. The number of nitrogens with one attached hydrogen (secondary N) is 1. The lowest BCUT2D eigenvalue weighted by Crippen LogP contribution is -2.26. The number of hydrogen-bond donors (Lipinski definition) is 1. The molecule has 2 aromatic rings. The number of ether oxygens (including phenoxy) is 1. The van der Waals surface area contributed by atoms with E-state index in [1.54, 1.807) is 0 Å². The molecule has 1 aliphatic heterocycles. The topological polar surface area (TPSA) is 34.1 Å². The fraction of sp³-hybridized carbons (Fsp3) is 0.312. The molecule has 1 atom stereocenters. The highest BCUT2D eigenvalue weighted by Crippen LogP contribution is 2.24. The van der Waals surface area contributed by atoms with Crippen molar-refractivity contribution in [2.75, 3.05) is 6.54 Å². The number of aromatic nitrogens is 1. The lowest BCUT2D eigenvalue weighted by Gasteiger charge is -2.23. The van der Waals surface area contributed by atoms with Gasteiger partial charge < -0.3 is 10.1 Å². The van der Waals surface area contributed by atoms with Crippen LogP contribution in [-0.2, 0) is 0 Å². The molecule has 0 saturated carbocycles. The van der Waals surface area contributed by atoms with Gasteiger partial charge in [0.1, 0.15) is 5.75 Å². The van der Waals surface area contributed by atoms with Crippen molar-refractivity contribution in [2.24, 2.45) is 0 Å². The third kappa shape index (κ3) is 3.12. The van der Waals surface area contributed by atoms with E-state index >= 15 is 0 Å².